The van der Waals surface area contributed by atoms with Gasteiger partial charge in [0.05, 0.1) is 0 Å². The number of benzene rings is 1. The monoisotopic (exact) mass is 284 g/mol. The van der Waals surface area contributed by atoms with Crippen molar-refractivity contribution in [2.75, 3.05) is 19.5 Å². The van der Waals surface area contributed by atoms with Crippen molar-refractivity contribution in [3.05, 3.63) is 41.2 Å². The van der Waals surface area contributed by atoms with Crippen LogP contribution in [-0.4, -0.2) is 30.5 Å². The van der Waals surface area contributed by atoms with Crippen LogP contribution in [0.5, 0.6) is 0 Å². The Bertz CT molecular complexity index is 446. The Kier molecular flexibility index (Phi) is 7.22. The van der Waals surface area contributed by atoms with Gasteiger partial charge in [-0.1, -0.05) is 6.07 Å². The molecule has 0 atom stereocenters. The Balaban J connectivity index is 2.55. The SMILES string of the molecule is COCCCSCc1ccc(F)c(C=CC(=O)O)c1. The molecule has 0 saturated carbocycles. The molecule has 0 aliphatic carbocycles. The highest BCUT2D eigenvalue weighted by atomic mass is 32.2. The number of carbonyl (C=O) groups is 1. The summed E-state index contributed by atoms with van der Waals surface area (Å²) in [4.78, 5) is 10.4. The molecule has 0 saturated heterocycles. The van der Waals surface area contributed by atoms with Gasteiger partial charge in [0.2, 0.25) is 0 Å². The van der Waals surface area contributed by atoms with E-state index in [1.165, 1.54) is 12.1 Å². The second kappa shape index (κ2) is 8.72. The molecule has 0 unspecified atom stereocenters. The molecule has 0 aliphatic heterocycles. The average molecular weight is 284 g/mol. The molecule has 0 aromatic heterocycles. The Morgan fingerprint density at radius 2 is 2.32 bits per heavy atom. The molecule has 0 fully saturated rings. The number of hydrogen-bond donors (Lipinski definition) is 1. The molecule has 0 amide bonds. The number of halogens is 1. The van der Waals surface area contributed by atoms with Crippen LogP contribution in [0, 0.1) is 5.82 Å². The lowest BCUT2D eigenvalue weighted by molar-refractivity contribution is -0.131. The molecule has 19 heavy (non-hydrogen) atoms. The normalized spacial score (nSPS) is 11.1. The maximum Gasteiger partial charge on any atom is 0.328 e. The lowest BCUT2D eigenvalue weighted by atomic mass is 10.1. The lowest BCUT2D eigenvalue weighted by Crippen LogP contribution is -1.92. The van der Waals surface area contributed by atoms with Crippen molar-refractivity contribution in [1.29, 1.82) is 0 Å². The molecular formula is C14H17FO3S. The summed E-state index contributed by atoms with van der Waals surface area (Å²) in [5.41, 5.74) is 1.28. The second-order valence-corrected chi connectivity index (χ2v) is 5.03. The summed E-state index contributed by atoms with van der Waals surface area (Å²) in [5.74, 6) is 0.257. The standard InChI is InChI=1S/C14H17FO3S/c1-18-7-2-8-19-10-11-3-5-13(15)12(9-11)4-6-14(16)17/h3-6,9H,2,7-8,10H2,1H3,(H,16,17). The van der Waals surface area contributed by atoms with Crippen molar-refractivity contribution in [3.8, 4) is 0 Å². The summed E-state index contributed by atoms with van der Waals surface area (Å²) < 4.78 is 18.4. The zero-order valence-electron chi connectivity index (χ0n) is 10.8. The zero-order valence-corrected chi connectivity index (χ0v) is 11.6. The third-order valence-electron chi connectivity index (χ3n) is 2.37. The number of ether oxygens (including phenoxy) is 1. The van der Waals surface area contributed by atoms with E-state index >= 15 is 0 Å². The molecule has 1 N–H and O–H groups in total. The molecule has 104 valence electrons. The van der Waals surface area contributed by atoms with Gasteiger partial charge in [0, 0.05) is 31.1 Å². The summed E-state index contributed by atoms with van der Waals surface area (Å²) in [7, 11) is 1.67. The van der Waals surface area contributed by atoms with E-state index in [0.29, 0.717) is 5.56 Å². The van der Waals surface area contributed by atoms with Crippen LogP contribution in [0.25, 0.3) is 6.08 Å². The summed E-state index contributed by atoms with van der Waals surface area (Å²) in [6.07, 6.45) is 3.19. The van der Waals surface area contributed by atoms with Gasteiger partial charge in [0.1, 0.15) is 5.82 Å². The second-order valence-electron chi connectivity index (χ2n) is 3.93. The first-order chi connectivity index (χ1) is 9.13. The molecule has 0 bridgehead atoms. The van der Waals surface area contributed by atoms with Crippen LogP contribution in [0.1, 0.15) is 17.5 Å². The minimum absolute atomic E-state index is 0.303. The molecule has 1 rings (SSSR count). The van der Waals surface area contributed by atoms with Gasteiger partial charge in [-0.15, -0.1) is 0 Å². The van der Waals surface area contributed by atoms with Crippen LogP contribution in [0.2, 0.25) is 0 Å². The quantitative estimate of drug-likeness (QED) is 0.588. The smallest absolute Gasteiger partial charge is 0.328 e. The first-order valence-electron chi connectivity index (χ1n) is 5.89. The van der Waals surface area contributed by atoms with Gasteiger partial charge in [0.15, 0.2) is 0 Å². The predicted molar refractivity (Wildman–Crippen MR) is 75.7 cm³/mol. The van der Waals surface area contributed by atoms with E-state index in [9.17, 15) is 9.18 Å². The molecule has 5 heteroatoms. The fourth-order valence-electron chi connectivity index (χ4n) is 1.47. The van der Waals surface area contributed by atoms with Crippen LogP contribution >= 0.6 is 11.8 Å². The van der Waals surface area contributed by atoms with Crippen LogP contribution in [0.3, 0.4) is 0 Å². The van der Waals surface area contributed by atoms with E-state index in [2.05, 4.69) is 0 Å². The van der Waals surface area contributed by atoms with E-state index in [-0.39, 0.29) is 0 Å². The van der Waals surface area contributed by atoms with Crippen LogP contribution in [-0.2, 0) is 15.3 Å². The van der Waals surface area contributed by atoms with Crippen LogP contribution in [0.15, 0.2) is 24.3 Å². The van der Waals surface area contributed by atoms with Crippen LogP contribution in [0.4, 0.5) is 4.39 Å². The third-order valence-corrected chi connectivity index (χ3v) is 3.49. The summed E-state index contributed by atoms with van der Waals surface area (Å²) in [6.45, 7) is 0.739. The Morgan fingerprint density at radius 1 is 1.53 bits per heavy atom. The molecule has 0 spiro atoms. The Hall–Kier alpha value is -1.33. The highest BCUT2D eigenvalue weighted by molar-refractivity contribution is 7.98. The van der Waals surface area contributed by atoms with E-state index in [1.54, 1.807) is 31.0 Å². The number of hydrogen-bond acceptors (Lipinski definition) is 3. The molecule has 1 aromatic carbocycles. The number of aliphatic carboxylic acids is 1. The van der Waals surface area contributed by atoms with Crippen molar-refractivity contribution in [2.24, 2.45) is 0 Å². The topological polar surface area (TPSA) is 46.5 Å². The first kappa shape index (κ1) is 15.7. The fourth-order valence-corrected chi connectivity index (χ4v) is 2.35. The van der Waals surface area contributed by atoms with Gasteiger partial charge in [-0.25, -0.2) is 9.18 Å². The predicted octanol–water partition coefficient (Wildman–Crippen LogP) is 3.19. The van der Waals surface area contributed by atoms with Gasteiger partial charge in [-0.2, -0.15) is 11.8 Å². The third kappa shape index (κ3) is 6.40. The van der Waals surface area contributed by atoms with Gasteiger partial charge >= 0.3 is 5.97 Å². The van der Waals surface area contributed by atoms with Crippen molar-refractivity contribution in [1.82, 2.24) is 0 Å². The van der Waals surface area contributed by atoms with Gasteiger partial charge in [-0.05, 0) is 35.9 Å². The minimum Gasteiger partial charge on any atom is -0.478 e. The number of methoxy groups -OCH3 is 1. The van der Waals surface area contributed by atoms with E-state index in [1.807, 2.05) is 0 Å². The number of thioether (sulfide) groups is 1. The summed E-state index contributed by atoms with van der Waals surface area (Å²) >= 11 is 1.74. The summed E-state index contributed by atoms with van der Waals surface area (Å²) in [5, 5.41) is 8.53. The largest absolute Gasteiger partial charge is 0.478 e. The average Bonchev–Trinajstić information content (AvgIpc) is 2.38. The Morgan fingerprint density at radius 3 is 3.00 bits per heavy atom. The minimum atomic E-state index is -1.08. The maximum absolute atomic E-state index is 13.4. The molecule has 0 aliphatic rings. The van der Waals surface area contributed by atoms with Crippen molar-refractivity contribution in [2.45, 2.75) is 12.2 Å². The van der Waals surface area contributed by atoms with Crippen molar-refractivity contribution in [3.63, 3.8) is 0 Å². The highest BCUT2D eigenvalue weighted by Gasteiger charge is 2.02. The zero-order chi connectivity index (χ0) is 14.1. The fraction of sp³-hybridized carbons (Fsp3) is 0.357. The number of carboxylic acid groups (broad SMARTS) is 1. The van der Waals surface area contributed by atoms with E-state index < -0.39 is 11.8 Å². The summed E-state index contributed by atoms with van der Waals surface area (Å²) in [6, 6.07) is 4.77. The van der Waals surface area contributed by atoms with Crippen molar-refractivity contribution < 1.29 is 19.0 Å². The van der Waals surface area contributed by atoms with Crippen molar-refractivity contribution >= 4 is 23.8 Å². The Labute approximate surface area is 116 Å². The molecule has 1 aromatic rings. The maximum atomic E-state index is 13.4. The first-order valence-corrected chi connectivity index (χ1v) is 7.05. The highest BCUT2D eigenvalue weighted by Crippen LogP contribution is 2.18. The molecule has 3 nitrogen and oxygen atoms in total. The van der Waals surface area contributed by atoms with E-state index in [4.69, 9.17) is 9.84 Å². The van der Waals surface area contributed by atoms with Gasteiger partial charge < -0.3 is 9.84 Å². The number of carboxylic acids is 1. The van der Waals surface area contributed by atoms with Crippen LogP contribution < -0.4 is 0 Å². The van der Waals surface area contributed by atoms with Gasteiger partial charge in [-0.3, -0.25) is 0 Å². The van der Waals surface area contributed by atoms with Gasteiger partial charge in [0.25, 0.3) is 0 Å². The lowest BCUT2D eigenvalue weighted by Gasteiger charge is -2.04. The number of rotatable bonds is 8. The molecule has 0 radical (unpaired) electrons. The molecular weight excluding hydrogens is 267 g/mol. The van der Waals surface area contributed by atoms with E-state index in [0.717, 1.165) is 36.2 Å². The molecule has 0 heterocycles.